The molecule has 1 aromatic heterocycles. The average Bonchev–Trinajstić information content (AvgIpc) is 3.17. The lowest BCUT2D eigenvalue weighted by molar-refractivity contribution is -0.124. The van der Waals surface area contributed by atoms with Crippen LogP contribution in [0.5, 0.6) is 0 Å². The predicted octanol–water partition coefficient (Wildman–Crippen LogP) is 1.94. The molecule has 2 N–H and O–H groups in total. The molecule has 1 aliphatic carbocycles. The fraction of sp³-hybridized carbons (Fsp3) is 0.722. The zero-order chi connectivity index (χ0) is 18.1. The summed E-state index contributed by atoms with van der Waals surface area (Å²) in [5.74, 6) is -0.00284. The Morgan fingerprint density at radius 3 is 2.56 bits per heavy atom. The Morgan fingerprint density at radius 1 is 1.28 bits per heavy atom. The number of rotatable bonds is 5. The molecule has 2 aliphatic rings. The third kappa shape index (κ3) is 3.65. The molecule has 1 saturated heterocycles. The van der Waals surface area contributed by atoms with E-state index in [2.05, 4.69) is 22.7 Å². The first-order valence-electron chi connectivity index (χ1n) is 9.30. The standard InChI is InChI=1S/C18H29N5O2/c1-5-14(16-11(2)21-22(4)12(16)3)20-18(25)23-10-6-7-15(23)17(24)19-13-8-9-13/h13-15H,5-10H2,1-4H3,(H,19,24)(H,20,25)/t14-,15+/m0/s1. The number of carbonyl (C=O) groups excluding carboxylic acids is 2. The van der Waals surface area contributed by atoms with Gasteiger partial charge in [0.2, 0.25) is 5.91 Å². The third-order valence-corrected chi connectivity index (χ3v) is 5.36. The number of nitrogens with zero attached hydrogens (tertiary/aromatic N) is 3. The topological polar surface area (TPSA) is 79.3 Å². The first kappa shape index (κ1) is 17.8. The van der Waals surface area contributed by atoms with Crippen LogP contribution in [0.15, 0.2) is 0 Å². The van der Waals surface area contributed by atoms with Gasteiger partial charge in [0.25, 0.3) is 0 Å². The highest BCUT2D eigenvalue weighted by atomic mass is 16.2. The zero-order valence-corrected chi connectivity index (χ0v) is 15.6. The normalized spacial score (nSPS) is 21.3. The van der Waals surface area contributed by atoms with E-state index in [4.69, 9.17) is 0 Å². The first-order chi connectivity index (χ1) is 11.9. The van der Waals surface area contributed by atoms with E-state index < -0.39 is 0 Å². The van der Waals surface area contributed by atoms with Gasteiger partial charge in [0.05, 0.1) is 11.7 Å². The van der Waals surface area contributed by atoms with Crippen molar-refractivity contribution in [1.29, 1.82) is 0 Å². The van der Waals surface area contributed by atoms with Crippen LogP contribution < -0.4 is 10.6 Å². The highest BCUT2D eigenvalue weighted by Crippen LogP contribution is 2.26. The average molecular weight is 347 g/mol. The molecule has 7 nitrogen and oxygen atoms in total. The van der Waals surface area contributed by atoms with Gasteiger partial charge in [-0.25, -0.2) is 4.79 Å². The monoisotopic (exact) mass is 347 g/mol. The second kappa shape index (κ2) is 7.06. The van der Waals surface area contributed by atoms with Gasteiger partial charge in [-0.2, -0.15) is 5.10 Å². The van der Waals surface area contributed by atoms with Crippen LogP contribution in [0.4, 0.5) is 4.79 Å². The lowest BCUT2D eigenvalue weighted by Gasteiger charge is -2.27. The summed E-state index contributed by atoms with van der Waals surface area (Å²) in [6, 6.07) is -0.256. The number of hydrogen-bond acceptors (Lipinski definition) is 3. The first-order valence-corrected chi connectivity index (χ1v) is 9.30. The zero-order valence-electron chi connectivity index (χ0n) is 15.6. The summed E-state index contributed by atoms with van der Waals surface area (Å²) in [7, 11) is 1.92. The number of amides is 3. The summed E-state index contributed by atoms with van der Waals surface area (Å²) in [6.45, 7) is 6.68. The minimum absolute atomic E-state index is 0.00284. The van der Waals surface area contributed by atoms with E-state index in [9.17, 15) is 9.59 Å². The van der Waals surface area contributed by atoms with E-state index in [1.807, 2.05) is 25.6 Å². The molecule has 0 spiro atoms. The fourth-order valence-corrected chi connectivity index (χ4v) is 3.71. The maximum Gasteiger partial charge on any atom is 0.318 e. The molecule has 2 heterocycles. The van der Waals surface area contributed by atoms with Gasteiger partial charge in [-0.1, -0.05) is 6.92 Å². The SMILES string of the molecule is CC[C@H](NC(=O)N1CCC[C@@H]1C(=O)NC1CC1)c1c(C)nn(C)c1C. The van der Waals surface area contributed by atoms with Crippen LogP contribution in [0.2, 0.25) is 0 Å². The molecule has 0 radical (unpaired) electrons. The quantitative estimate of drug-likeness (QED) is 0.854. The minimum atomic E-state index is -0.339. The Balaban J connectivity index is 1.69. The minimum Gasteiger partial charge on any atom is -0.352 e. The van der Waals surface area contributed by atoms with Gasteiger partial charge in [-0.15, -0.1) is 0 Å². The number of carbonyl (C=O) groups is 2. The molecule has 0 unspecified atom stereocenters. The van der Waals surface area contributed by atoms with Gasteiger partial charge in [0.1, 0.15) is 6.04 Å². The second-order valence-electron chi connectivity index (χ2n) is 7.25. The maximum atomic E-state index is 12.8. The maximum absolute atomic E-state index is 12.8. The van der Waals surface area contributed by atoms with Crippen molar-refractivity contribution in [1.82, 2.24) is 25.3 Å². The van der Waals surface area contributed by atoms with Crippen molar-refractivity contribution >= 4 is 11.9 Å². The van der Waals surface area contributed by atoms with E-state index in [1.165, 1.54) is 0 Å². The Kier molecular flexibility index (Phi) is 5.01. The van der Waals surface area contributed by atoms with Gasteiger partial charge in [0.15, 0.2) is 0 Å². The molecular formula is C18H29N5O2. The van der Waals surface area contributed by atoms with E-state index in [1.54, 1.807) is 4.90 Å². The summed E-state index contributed by atoms with van der Waals surface area (Å²) >= 11 is 0. The summed E-state index contributed by atoms with van der Waals surface area (Å²) in [5.41, 5.74) is 3.09. The highest BCUT2D eigenvalue weighted by Gasteiger charge is 2.37. The molecule has 25 heavy (non-hydrogen) atoms. The van der Waals surface area contributed by atoms with Gasteiger partial charge < -0.3 is 15.5 Å². The fourth-order valence-electron chi connectivity index (χ4n) is 3.71. The van der Waals surface area contributed by atoms with E-state index in [0.717, 1.165) is 49.1 Å². The van der Waals surface area contributed by atoms with Crippen LogP contribution in [-0.4, -0.2) is 45.2 Å². The molecule has 138 valence electrons. The van der Waals surface area contributed by atoms with Gasteiger partial charge in [-0.3, -0.25) is 9.48 Å². The number of aryl methyl sites for hydroxylation is 2. The van der Waals surface area contributed by atoms with E-state index in [-0.39, 0.29) is 24.0 Å². The second-order valence-corrected chi connectivity index (χ2v) is 7.25. The van der Waals surface area contributed by atoms with Crippen molar-refractivity contribution < 1.29 is 9.59 Å². The Morgan fingerprint density at radius 2 is 2.00 bits per heavy atom. The predicted molar refractivity (Wildman–Crippen MR) is 95.1 cm³/mol. The van der Waals surface area contributed by atoms with Crippen LogP contribution in [0.25, 0.3) is 0 Å². The van der Waals surface area contributed by atoms with Crippen molar-refractivity contribution in [3.05, 3.63) is 17.0 Å². The molecule has 1 aromatic rings. The van der Waals surface area contributed by atoms with Crippen LogP contribution in [0, 0.1) is 13.8 Å². The Bertz CT molecular complexity index is 665. The van der Waals surface area contributed by atoms with Crippen LogP contribution in [0.1, 0.15) is 62.0 Å². The number of nitrogens with one attached hydrogen (secondary N) is 2. The van der Waals surface area contributed by atoms with Gasteiger partial charge in [0, 0.05) is 30.9 Å². The van der Waals surface area contributed by atoms with Crippen molar-refractivity contribution in [2.75, 3.05) is 6.54 Å². The van der Waals surface area contributed by atoms with Crippen LogP contribution >= 0.6 is 0 Å². The van der Waals surface area contributed by atoms with Crippen LogP contribution in [-0.2, 0) is 11.8 Å². The highest BCUT2D eigenvalue weighted by molar-refractivity contribution is 5.88. The van der Waals surface area contributed by atoms with Gasteiger partial charge >= 0.3 is 6.03 Å². The van der Waals surface area contributed by atoms with Crippen molar-refractivity contribution in [3.8, 4) is 0 Å². The van der Waals surface area contributed by atoms with Crippen molar-refractivity contribution in [2.45, 2.75) is 71.0 Å². The van der Waals surface area contributed by atoms with E-state index >= 15 is 0 Å². The van der Waals surface area contributed by atoms with Crippen molar-refractivity contribution in [3.63, 3.8) is 0 Å². The molecule has 0 bridgehead atoms. The van der Waals surface area contributed by atoms with Gasteiger partial charge in [-0.05, 0) is 46.0 Å². The Hall–Kier alpha value is -2.05. The summed E-state index contributed by atoms with van der Waals surface area (Å²) in [6.07, 6.45) is 4.52. The lowest BCUT2D eigenvalue weighted by Crippen LogP contribution is -2.50. The van der Waals surface area contributed by atoms with Crippen molar-refractivity contribution in [2.24, 2.45) is 7.05 Å². The number of likely N-dealkylation sites (tertiary alicyclic amines) is 1. The lowest BCUT2D eigenvalue weighted by atomic mass is 10.0. The molecule has 2 atom stereocenters. The Labute approximate surface area is 149 Å². The molecule has 3 rings (SSSR count). The molecule has 3 amide bonds. The summed E-state index contributed by atoms with van der Waals surface area (Å²) in [5, 5.41) is 10.6. The smallest absolute Gasteiger partial charge is 0.318 e. The molecule has 7 heteroatoms. The molecule has 0 aromatic carbocycles. The third-order valence-electron chi connectivity index (χ3n) is 5.36. The number of hydrogen-bond donors (Lipinski definition) is 2. The largest absolute Gasteiger partial charge is 0.352 e. The summed E-state index contributed by atoms with van der Waals surface area (Å²) < 4.78 is 1.85. The number of aromatic nitrogens is 2. The van der Waals surface area contributed by atoms with E-state index in [0.29, 0.717) is 12.6 Å². The van der Waals surface area contributed by atoms with Crippen LogP contribution in [0.3, 0.4) is 0 Å². The molecule has 1 aliphatic heterocycles. The molecular weight excluding hydrogens is 318 g/mol. The number of urea groups is 1. The molecule has 1 saturated carbocycles. The molecule has 2 fully saturated rings. The summed E-state index contributed by atoms with van der Waals surface area (Å²) in [4.78, 5) is 26.9.